The third-order valence-corrected chi connectivity index (χ3v) is 3.73. The monoisotopic (exact) mass is 280 g/mol. The SMILES string of the molecule is CC(c1ccc(F)cc1)N(C)C(=O)CC1CNCCO1. The first-order valence-corrected chi connectivity index (χ1v) is 6.91. The van der Waals surface area contributed by atoms with Crippen molar-refractivity contribution in [2.45, 2.75) is 25.5 Å². The van der Waals surface area contributed by atoms with Gasteiger partial charge in [0.15, 0.2) is 0 Å². The lowest BCUT2D eigenvalue weighted by atomic mass is 10.1. The number of carbonyl (C=O) groups is 1. The summed E-state index contributed by atoms with van der Waals surface area (Å²) >= 11 is 0. The minimum Gasteiger partial charge on any atom is -0.375 e. The number of hydrogen-bond donors (Lipinski definition) is 1. The van der Waals surface area contributed by atoms with Crippen molar-refractivity contribution >= 4 is 5.91 Å². The lowest BCUT2D eigenvalue weighted by Gasteiger charge is -2.29. The van der Waals surface area contributed by atoms with Crippen molar-refractivity contribution in [2.24, 2.45) is 0 Å². The fourth-order valence-corrected chi connectivity index (χ4v) is 2.27. The number of ether oxygens (including phenoxy) is 1. The zero-order valence-electron chi connectivity index (χ0n) is 11.9. The molecule has 0 spiro atoms. The van der Waals surface area contributed by atoms with E-state index in [1.807, 2.05) is 6.92 Å². The molecule has 1 aromatic carbocycles. The third-order valence-electron chi connectivity index (χ3n) is 3.73. The molecule has 2 rings (SSSR count). The van der Waals surface area contributed by atoms with Gasteiger partial charge in [0.25, 0.3) is 0 Å². The number of amides is 1. The number of hydrogen-bond acceptors (Lipinski definition) is 3. The normalized spacial score (nSPS) is 20.4. The Labute approximate surface area is 118 Å². The van der Waals surface area contributed by atoms with E-state index in [-0.39, 0.29) is 23.9 Å². The number of nitrogens with zero attached hydrogens (tertiary/aromatic N) is 1. The van der Waals surface area contributed by atoms with E-state index in [4.69, 9.17) is 4.74 Å². The summed E-state index contributed by atoms with van der Waals surface area (Å²) in [4.78, 5) is 13.9. The molecule has 0 bridgehead atoms. The number of halogens is 1. The topological polar surface area (TPSA) is 41.6 Å². The summed E-state index contributed by atoms with van der Waals surface area (Å²) in [5, 5.41) is 3.21. The fourth-order valence-electron chi connectivity index (χ4n) is 2.27. The van der Waals surface area contributed by atoms with Crippen LogP contribution in [-0.4, -0.2) is 43.7 Å². The van der Waals surface area contributed by atoms with Gasteiger partial charge >= 0.3 is 0 Å². The highest BCUT2D eigenvalue weighted by Gasteiger charge is 2.22. The van der Waals surface area contributed by atoms with E-state index < -0.39 is 0 Å². The van der Waals surface area contributed by atoms with Gasteiger partial charge in [0.1, 0.15) is 5.82 Å². The van der Waals surface area contributed by atoms with Gasteiger partial charge in [-0.15, -0.1) is 0 Å². The van der Waals surface area contributed by atoms with E-state index in [9.17, 15) is 9.18 Å². The molecule has 1 aliphatic rings. The van der Waals surface area contributed by atoms with Crippen LogP contribution in [0.2, 0.25) is 0 Å². The molecule has 4 nitrogen and oxygen atoms in total. The Hall–Kier alpha value is -1.46. The second-order valence-electron chi connectivity index (χ2n) is 5.13. The highest BCUT2D eigenvalue weighted by Crippen LogP contribution is 2.20. The highest BCUT2D eigenvalue weighted by molar-refractivity contribution is 5.77. The van der Waals surface area contributed by atoms with Gasteiger partial charge in [0.2, 0.25) is 5.91 Å². The summed E-state index contributed by atoms with van der Waals surface area (Å²) in [6.45, 7) is 4.14. The molecular weight excluding hydrogens is 259 g/mol. The molecule has 0 aromatic heterocycles. The van der Waals surface area contributed by atoms with Crippen LogP contribution in [0, 0.1) is 5.82 Å². The molecule has 1 heterocycles. The van der Waals surface area contributed by atoms with E-state index in [1.165, 1.54) is 12.1 Å². The summed E-state index contributed by atoms with van der Waals surface area (Å²) in [6.07, 6.45) is 0.314. The summed E-state index contributed by atoms with van der Waals surface area (Å²) in [7, 11) is 1.77. The van der Waals surface area contributed by atoms with Crippen molar-refractivity contribution in [3.8, 4) is 0 Å². The van der Waals surface area contributed by atoms with Gasteiger partial charge in [0, 0.05) is 20.1 Å². The quantitative estimate of drug-likeness (QED) is 0.913. The Morgan fingerprint density at radius 3 is 2.80 bits per heavy atom. The Morgan fingerprint density at radius 1 is 1.50 bits per heavy atom. The van der Waals surface area contributed by atoms with Crippen molar-refractivity contribution in [1.82, 2.24) is 10.2 Å². The number of nitrogens with one attached hydrogen (secondary N) is 1. The highest BCUT2D eigenvalue weighted by atomic mass is 19.1. The van der Waals surface area contributed by atoms with Crippen molar-refractivity contribution in [3.05, 3.63) is 35.6 Å². The number of rotatable bonds is 4. The smallest absolute Gasteiger partial charge is 0.225 e. The second-order valence-corrected chi connectivity index (χ2v) is 5.13. The molecular formula is C15H21FN2O2. The Balaban J connectivity index is 1.93. The zero-order chi connectivity index (χ0) is 14.5. The molecule has 5 heteroatoms. The largest absolute Gasteiger partial charge is 0.375 e. The summed E-state index contributed by atoms with van der Waals surface area (Å²) < 4.78 is 18.5. The van der Waals surface area contributed by atoms with Crippen LogP contribution in [0.4, 0.5) is 4.39 Å². The standard InChI is InChI=1S/C15H21FN2O2/c1-11(12-3-5-13(16)6-4-12)18(2)15(19)9-14-10-17-7-8-20-14/h3-6,11,14,17H,7-10H2,1-2H3. The van der Waals surface area contributed by atoms with Crippen LogP contribution < -0.4 is 5.32 Å². The lowest BCUT2D eigenvalue weighted by molar-refractivity contribution is -0.135. The van der Waals surface area contributed by atoms with Crippen LogP contribution in [0.15, 0.2) is 24.3 Å². The Morgan fingerprint density at radius 2 is 2.20 bits per heavy atom. The van der Waals surface area contributed by atoms with E-state index in [0.717, 1.165) is 12.1 Å². The van der Waals surface area contributed by atoms with Gasteiger partial charge in [-0.05, 0) is 24.6 Å². The van der Waals surface area contributed by atoms with Crippen LogP contribution in [0.1, 0.15) is 24.9 Å². The molecule has 0 saturated carbocycles. The average Bonchev–Trinajstić information content (AvgIpc) is 2.47. The molecule has 20 heavy (non-hydrogen) atoms. The minimum absolute atomic E-state index is 0.0375. The van der Waals surface area contributed by atoms with Crippen LogP contribution in [0.25, 0.3) is 0 Å². The van der Waals surface area contributed by atoms with Gasteiger partial charge in [0.05, 0.1) is 25.2 Å². The Bertz CT molecular complexity index is 444. The molecule has 0 aliphatic carbocycles. The summed E-state index contributed by atoms with van der Waals surface area (Å²) in [5.41, 5.74) is 0.921. The maximum absolute atomic E-state index is 12.9. The van der Waals surface area contributed by atoms with Crippen LogP contribution in [-0.2, 0) is 9.53 Å². The molecule has 2 atom stereocenters. The summed E-state index contributed by atoms with van der Waals surface area (Å²) in [6, 6.07) is 6.17. The number of carbonyl (C=O) groups excluding carboxylic acids is 1. The van der Waals surface area contributed by atoms with Crippen LogP contribution >= 0.6 is 0 Å². The molecule has 1 fully saturated rings. The van der Waals surface area contributed by atoms with Gasteiger partial charge in [-0.2, -0.15) is 0 Å². The van der Waals surface area contributed by atoms with Gasteiger partial charge in [-0.3, -0.25) is 4.79 Å². The predicted octanol–water partition coefficient (Wildman–Crippen LogP) is 1.72. The molecule has 0 radical (unpaired) electrons. The molecule has 1 aliphatic heterocycles. The zero-order valence-corrected chi connectivity index (χ0v) is 11.9. The van der Waals surface area contributed by atoms with Gasteiger partial charge < -0.3 is 15.0 Å². The first-order valence-electron chi connectivity index (χ1n) is 6.91. The van der Waals surface area contributed by atoms with E-state index >= 15 is 0 Å². The number of benzene rings is 1. The summed E-state index contributed by atoms with van der Waals surface area (Å²) in [5.74, 6) is -0.230. The van der Waals surface area contributed by atoms with Crippen molar-refractivity contribution < 1.29 is 13.9 Å². The van der Waals surface area contributed by atoms with Gasteiger partial charge in [-0.1, -0.05) is 12.1 Å². The lowest BCUT2D eigenvalue weighted by Crippen LogP contribution is -2.42. The third kappa shape index (κ3) is 3.77. The maximum atomic E-state index is 12.9. The minimum atomic E-state index is -0.267. The van der Waals surface area contributed by atoms with Crippen molar-refractivity contribution in [2.75, 3.05) is 26.7 Å². The second kappa shape index (κ2) is 6.81. The predicted molar refractivity (Wildman–Crippen MR) is 74.8 cm³/mol. The van der Waals surface area contributed by atoms with E-state index in [0.29, 0.717) is 19.6 Å². The van der Waals surface area contributed by atoms with Gasteiger partial charge in [-0.25, -0.2) is 4.39 Å². The molecule has 110 valence electrons. The number of morpholine rings is 1. The maximum Gasteiger partial charge on any atom is 0.225 e. The average molecular weight is 280 g/mol. The van der Waals surface area contributed by atoms with Crippen molar-refractivity contribution in [3.63, 3.8) is 0 Å². The van der Waals surface area contributed by atoms with E-state index in [2.05, 4.69) is 5.32 Å². The molecule has 1 N–H and O–H groups in total. The van der Waals surface area contributed by atoms with E-state index in [1.54, 1.807) is 24.1 Å². The molecule has 1 saturated heterocycles. The molecule has 1 aromatic rings. The molecule has 1 amide bonds. The first-order chi connectivity index (χ1) is 9.58. The van der Waals surface area contributed by atoms with Crippen molar-refractivity contribution in [1.29, 1.82) is 0 Å². The fraction of sp³-hybridized carbons (Fsp3) is 0.533. The Kier molecular flexibility index (Phi) is 5.09. The van der Waals surface area contributed by atoms with Crippen LogP contribution in [0.3, 0.4) is 0 Å². The molecule has 2 unspecified atom stereocenters. The van der Waals surface area contributed by atoms with Crippen LogP contribution in [0.5, 0.6) is 0 Å². The first kappa shape index (κ1) is 14.9.